The molecule has 3 aromatic heterocycles. The number of aromatic nitrogens is 4. The first-order chi connectivity index (χ1) is 13.3. The van der Waals surface area contributed by atoms with Gasteiger partial charge >= 0.3 is 0 Å². The molecule has 2 aromatic carbocycles. The molecule has 0 saturated heterocycles. The molecule has 0 spiro atoms. The van der Waals surface area contributed by atoms with E-state index in [4.69, 9.17) is 11.6 Å². The first-order valence-corrected chi connectivity index (χ1v) is 8.84. The molecule has 0 aliphatic heterocycles. The quantitative estimate of drug-likeness (QED) is 0.435. The van der Waals surface area contributed by atoms with Crippen LogP contribution in [0.4, 0.5) is 11.4 Å². The zero-order valence-corrected chi connectivity index (χ0v) is 14.9. The maximum absolute atomic E-state index is 6.27. The lowest BCUT2D eigenvalue weighted by molar-refractivity contribution is 1.29. The van der Waals surface area contributed by atoms with Gasteiger partial charge in [-0.1, -0.05) is 17.7 Å². The van der Waals surface area contributed by atoms with Crippen molar-refractivity contribution in [2.24, 2.45) is 0 Å². The highest BCUT2D eigenvalue weighted by Gasteiger charge is 2.11. The van der Waals surface area contributed by atoms with Crippen molar-refractivity contribution in [2.75, 3.05) is 5.32 Å². The zero-order valence-electron chi connectivity index (χ0n) is 14.1. The molecule has 0 radical (unpaired) electrons. The Balaban J connectivity index is 1.69. The van der Waals surface area contributed by atoms with E-state index >= 15 is 0 Å². The van der Waals surface area contributed by atoms with Gasteiger partial charge in [-0.05, 0) is 47.3 Å². The number of hydrogen-bond donors (Lipinski definition) is 2. The second-order valence-corrected chi connectivity index (χ2v) is 6.62. The van der Waals surface area contributed by atoms with Crippen LogP contribution in [0, 0.1) is 0 Å². The number of fused-ring (bicyclic) bond motifs is 2. The van der Waals surface area contributed by atoms with Crippen molar-refractivity contribution >= 4 is 44.9 Å². The fourth-order valence-electron chi connectivity index (χ4n) is 3.21. The van der Waals surface area contributed by atoms with Gasteiger partial charge in [-0.15, -0.1) is 0 Å². The number of anilines is 2. The van der Waals surface area contributed by atoms with Gasteiger partial charge in [0.15, 0.2) is 0 Å². The summed E-state index contributed by atoms with van der Waals surface area (Å²) in [6, 6.07) is 14.2. The molecule has 0 unspecified atom stereocenters. The van der Waals surface area contributed by atoms with Crippen LogP contribution in [0.1, 0.15) is 0 Å². The summed E-state index contributed by atoms with van der Waals surface area (Å²) in [7, 11) is 0. The molecule has 0 amide bonds. The lowest BCUT2D eigenvalue weighted by Gasteiger charge is -2.12. The number of aromatic amines is 1. The maximum atomic E-state index is 6.27. The molecule has 27 heavy (non-hydrogen) atoms. The summed E-state index contributed by atoms with van der Waals surface area (Å²) in [6.07, 6.45) is 8.72. The second kappa shape index (κ2) is 6.37. The third-order valence-corrected chi connectivity index (χ3v) is 4.81. The molecule has 0 atom stereocenters. The maximum Gasteiger partial charge on any atom is 0.0966 e. The Bertz CT molecular complexity index is 1280. The summed E-state index contributed by atoms with van der Waals surface area (Å²) in [4.78, 5) is 16.4. The summed E-state index contributed by atoms with van der Waals surface area (Å²) in [5.41, 5.74) is 6.48. The highest BCUT2D eigenvalue weighted by atomic mass is 35.5. The normalized spacial score (nSPS) is 11.1. The van der Waals surface area contributed by atoms with E-state index in [1.165, 1.54) is 0 Å². The Morgan fingerprint density at radius 2 is 1.85 bits per heavy atom. The summed E-state index contributed by atoms with van der Waals surface area (Å²) in [5.74, 6) is 0. The number of benzene rings is 2. The van der Waals surface area contributed by atoms with Crippen molar-refractivity contribution < 1.29 is 0 Å². The highest BCUT2D eigenvalue weighted by molar-refractivity contribution is 6.33. The molecule has 2 N–H and O–H groups in total. The molecule has 0 saturated carbocycles. The largest absolute Gasteiger partial charge is 0.361 e. The number of nitrogens with zero attached hydrogens (tertiary/aromatic N) is 3. The molecule has 0 fully saturated rings. The van der Waals surface area contributed by atoms with Gasteiger partial charge in [-0.2, -0.15) is 0 Å². The summed E-state index contributed by atoms with van der Waals surface area (Å²) >= 11 is 6.27. The number of H-pyrrole nitrogens is 1. The first-order valence-electron chi connectivity index (χ1n) is 8.47. The Kier molecular flexibility index (Phi) is 3.73. The van der Waals surface area contributed by atoms with E-state index in [-0.39, 0.29) is 0 Å². The number of hydrogen-bond acceptors (Lipinski definition) is 4. The molecule has 3 heterocycles. The van der Waals surface area contributed by atoms with Crippen molar-refractivity contribution in [3.8, 4) is 11.1 Å². The summed E-state index contributed by atoms with van der Waals surface area (Å²) in [5, 5.41) is 5.10. The molecule has 6 heteroatoms. The molecule has 5 nitrogen and oxygen atoms in total. The van der Waals surface area contributed by atoms with Gasteiger partial charge in [-0.25, -0.2) is 0 Å². The molecule has 0 bridgehead atoms. The molecule has 0 aliphatic rings. The van der Waals surface area contributed by atoms with Crippen molar-refractivity contribution in [1.29, 1.82) is 0 Å². The average Bonchev–Trinajstić information content (AvgIpc) is 3.17. The van der Waals surface area contributed by atoms with Crippen LogP contribution in [0.5, 0.6) is 0 Å². The highest BCUT2D eigenvalue weighted by Crippen LogP contribution is 2.33. The summed E-state index contributed by atoms with van der Waals surface area (Å²) in [6.45, 7) is 0. The predicted molar refractivity (Wildman–Crippen MR) is 109 cm³/mol. The Hall–Kier alpha value is -3.44. The van der Waals surface area contributed by atoms with E-state index in [0.717, 1.165) is 44.4 Å². The van der Waals surface area contributed by atoms with Crippen LogP contribution in [0.2, 0.25) is 5.02 Å². The van der Waals surface area contributed by atoms with E-state index in [2.05, 4.69) is 55.6 Å². The topological polar surface area (TPSA) is 66.5 Å². The minimum Gasteiger partial charge on any atom is -0.361 e. The Morgan fingerprint density at radius 3 is 2.78 bits per heavy atom. The fourth-order valence-corrected chi connectivity index (χ4v) is 3.37. The zero-order chi connectivity index (χ0) is 18.2. The molecular formula is C21H14ClN5. The second-order valence-electron chi connectivity index (χ2n) is 6.21. The van der Waals surface area contributed by atoms with Gasteiger partial charge in [0.05, 0.1) is 27.9 Å². The van der Waals surface area contributed by atoms with E-state index in [9.17, 15) is 0 Å². The van der Waals surface area contributed by atoms with Crippen LogP contribution in [-0.2, 0) is 0 Å². The third kappa shape index (κ3) is 2.88. The first kappa shape index (κ1) is 15.8. The predicted octanol–water partition coefficient (Wildman–Crippen LogP) is 5.57. The molecular weight excluding hydrogens is 358 g/mol. The van der Waals surface area contributed by atoms with Crippen LogP contribution in [0.25, 0.3) is 33.1 Å². The van der Waals surface area contributed by atoms with Crippen LogP contribution < -0.4 is 5.32 Å². The number of rotatable bonds is 3. The standard InChI is InChI=1S/C21H14ClN5/c22-17-4-5-23-12-20(17)27-15-10-16(21-19(11-15)25-7-8-26-21)13-1-2-18-14(9-13)3-6-24-18/h1-12,24,27H. The van der Waals surface area contributed by atoms with Gasteiger partial charge in [-0.3, -0.25) is 15.0 Å². The summed E-state index contributed by atoms with van der Waals surface area (Å²) < 4.78 is 0. The van der Waals surface area contributed by atoms with Crippen molar-refractivity contribution in [3.05, 3.63) is 78.5 Å². The number of halogens is 1. The SMILES string of the molecule is Clc1ccncc1Nc1cc(-c2ccc3[nH]ccc3c2)c2nccnc2c1. The smallest absolute Gasteiger partial charge is 0.0966 e. The molecule has 5 aromatic rings. The van der Waals surface area contributed by atoms with Crippen molar-refractivity contribution in [1.82, 2.24) is 19.9 Å². The number of nitrogens with one attached hydrogen (secondary N) is 2. The molecule has 5 rings (SSSR count). The van der Waals surface area contributed by atoms with Gasteiger partial charge < -0.3 is 10.3 Å². The number of pyridine rings is 1. The van der Waals surface area contributed by atoms with Crippen LogP contribution in [0.15, 0.2) is 73.4 Å². The van der Waals surface area contributed by atoms with E-state index in [0.29, 0.717) is 5.02 Å². The Labute approximate surface area is 160 Å². The Morgan fingerprint density at radius 1 is 0.926 bits per heavy atom. The lowest BCUT2D eigenvalue weighted by atomic mass is 10.0. The average molecular weight is 372 g/mol. The van der Waals surface area contributed by atoms with Crippen molar-refractivity contribution in [2.45, 2.75) is 0 Å². The lowest BCUT2D eigenvalue weighted by Crippen LogP contribution is -1.95. The minimum atomic E-state index is 0.611. The van der Waals surface area contributed by atoms with Crippen LogP contribution in [-0.4, -0.2) is 19.9 Å². The van der Waals surface area contributed by atoms with Gasteiger partial charge in [0, 0.05) is 41.6 Å². The third-order valence-electron chi connectivity index (χ3n) is 4.48. The molecule has 130 valence electrons. The minimum absolute atomic E-state index is 0.611. The van der Waals surface area contributed by atoms with Crippen molar-refractivity contribution in [3.63, 3.8) is 0 Å². The van der Waals surface area contributed by atoms with Gasteiger partial charge in [0.2, 0.25) is 0 Å². The molecule has 0 aliphatic carbocycles. The van der Waals surface area contributed by atoms with Crippen LogP contribution >= 0.6 is 11.6 Å². The van der Waals surface area contributed by atoms with E-state index in [1.54, 1.807) is 30.9 Å². The van der Waals surface area contributed by atoms with Gasteiger partial charge in [0.25, 0.3) is 0 Å². The monoisotopic (exact) mass is 371 g/mol. The fraction of sp³-hybridized carbons (Fsp3) is 0. The van der Waals surface area contributed by atoms with Gasteiger partial charge in [0.1, 0.15) is 0 Å². The van der Waals surface area contributed by atoms with E-state index < -0.39 is 0 Å². The van der Waals surface area contributed by atoms with E-state index in [1.807, 2.05) is 12.3 Å². The van der Waals surface area contributed by atoms with Crippen LogP contribution in [0.3, 0.4) is 0 Å².